The molecule has 0 amide bonds. The van der Waals surface area contributed by atoms with E-state index in [2.05, 4.69) is 161 Å². The van der Waals surface area contributed by atoms with Crippen LogP contribution in [0.3, 0.4) is 0 Å². The zero-order chi connectivity index (χ0) is 76.0. The number of aliphatic hydroxyl groups is 1. The number of hydrogen-bond donors (Lipinski definition) is 3. The van der Waals surface area contributed by atoms with Crippen LogP contribution < -0.4 is 0 Å². The molecule has 0 aliphatic rings. The molecule has 0 radical (unpaired) electrons. The Labute approximate surface area is 631 Å². The molecule has 0 aromatic carbocycles. The van der Waals surface area contributed by atoms with Crippen molar-refractivity contribution in [2.45, 2.75) is 341 Å². The number of aliphatic hydroxyl groups excluding tert-OH is 1. The van der Waals surface area contributed by atoms with Crippen molar-refractivity contribution < 1.29 is 80.2 Å². The molecule has 0 rings (SSSR count). The van der Waals surface area contributed by atoms with Gasteiger partial charge in [0, 0.05) is 25.7 Å². The summed E-state index contributed by atoms with van der Waals surface area (Å²) in [4.78, 5) is 73.1. The number of carbonyl (C=O) groups excluding carboxylic acids is 4. The standard InChI is InChI=1S/C85H144O17P2/c1-5-9-13-17-21-25-29-33-36-38-39-41-44-47-50-54-58-62-66-70-83(88)95-75-80(101-84(89)71-67-63-59-55-51-45-32-28-24-20-16-12-8-4)77-99-103(91,92)97-73-79(86)74-98-104(93,94)100-78-81(102-85(90)72-68-64-60-56-52-48-42-35-31-27-23-19-15-11-7-3)76-96-82(87)69-65-61-57-53-49-46-43-40-37-34-30-26-22-18-14-10-6-2/h9-10,13-14,21-23,25-28,32-37,39,41-42,47,50,79-81,86H,5-8,11-12,15-20,24,29-31,38,40,43-46,48-49,51-78H2,1-4H3,(H,91,92)(H,93,94)/b13-9-,14-10-,25-21-,26-22-,27-23-,32-28-,36-33-,37-34-,41-39-,42-35-,50-47-. The molecule has 17 nitrogen and oxygen atoms in total. The van der Waals surface area contributed by atoms with Crippen LogP contribution >= 0.6 is 15.6 Å². The summed E-state index contributed by atoms with van der Waals surface area (Å²) >= 11 is 0. The van der Waals surface area contributed by atoms with E-state index < -0.39 is 97.5 Å². The molecule has 19 heteroatoms. The molecule has 0 saturated heterocycles. The van der Waals surface area contributed by atoms with Crippen molar-refractivity contribution in [3.8, 4) is 0 Å². The van der Waals surface area contributed by atoms with Crippen molar-refractivity contribution in [2.24, 2.45) is 0 Å². The summed E-state index contributed by atoms with van der Waals surface area (Å²) in [5.74, 6) is -2.24. The van der Waals surface area contributed by atoms with E-state index in [-0.39, 0.29) is 25.7 Å². The highest BCUT2D eigenvalue weighted by Crippen LogP contribution is 2.45. The minimum absolute atomic E-state index is 0.0736. The Balaban J connectivity index is 5.40. The number of ether oxygens (including phenoxy) is 4. The third-order valence-corrected chi connectivity index (χ3v) is 18.5. The van der Waals surface area contributed by atoms with E-state index in [0.717, 1.165) is 199 Å². The summed E-state index contributed by atoms with van der Waals surface area (Å²) in [6, 6.07) is 0. The highest BCUT2D eigenvalue weighted by atomic mass is 31.2. The molecule has 0 aliphatic carbocycles. The lowest BCUT2D eigenvalue weighted by Gasteiger charge is -2.21. The van der Waals surface area contributed by atoms with Gasteiger partial charge in [0.1, 0.15) is 19.3 Å². The van der Waals surface area contributed by atoms with Crippen LogP contribution in [0.15, 0.2) is 134 Å². The normalized spacial score (nSPS) is 14.6. The van der Waals surface area contributed by atoms with E-state index in [1.54, 1.807) is 0 Å². The zero-order valence-corrected chi connectivity index (χ0v) is 66.9. The van der Waals surface area contributed by atoms with Gasteiger partial charge in [-0.05, 0) is 161 Å². The third kappa shape index (κ3) is 75.4. The van der Waals surface area contributed by atoms with Crippen LogP contribution in [0.1, 0.15) is 323 Å². The first kappa shape index (κ1) is 99.2. The Hall–Kier alpha value is -4.80. The predicted octanol–water partition coefficient (Wildman–Crippen LogP) is 23.7. The van der Waals surface area contributed by atoms with Gasteiger partial charge in [0.15, 0.2) is 12.2 Å². The fourth-order valence-corrected chi connectivity index (χ4v) is 12.0. The molecule has 0 saturated carbocycles. The predicted molar refractivity (Wildman–Crippen MR) is 427 cm³/mol. The van der Waals surface area contributed by atoms with Gasteiger partial charge in [-0.25, -0.2) is 9.13 Å². The number of phosphoric ester groups is 2. The van der Waals surface area contributed by atoms with Crippen LogP contribution in [0.25, 0.3) is 0 Å². The topological polar surface area (TPSA) is 237 Å². The van der Waals surface area contributed by atoms with E-state index in [1.165, 1.54) is 44.9 Å². The van der Waals surface area contributed by atoms with Crippen molar-refractivity contribution in [1.82, 2.24) is 0 Å². The van der Waals surface area contributed by atoms with E-state index in [9.17, 15) is 43.2 Å². The lowest BCUT2D eigenvalue weighted by atomic mass is 10.1. The molecule has 0 aromatic rings. The molecule has 104 heavy (non-hydrogen) atoms. The number of unbranched alkanes of at least 4 members (excludes halogenated alkanes) is 27. The summed E-state index contributed by atoms with van der Waals surface area (Å²) in [6.45, 7) is 4.55. The molecule has 0 aromatic heterocycles. The Bertz CT molecular complexity index is 2490. The van der Waals surface area contributed by atoms with Gasteiger partial charge in [-0.3, -0.25) is 37.3 Å². The second kappa shape index (κ2) is 76.4. The first-order chi connectivity index (χ1) is 50.7. The first-order valence-electron chi connectivity index (χ1n) is 40.4. The monoisotopic (exact) mass is 1500 g/mol. The maximum absolute atomic E-state index is 13.1. The Morgan fingerprint density at radius 3 is 0.808 bits per heavy atom. The van der Waals surface area contributed by atoms with Crippen LogP contribution in [0.5, 0.6) is 0 Å². The van der Waals surface area contributed by atoms with E-state index in [0.29, 0.717) is 25.7 Å². The van der Waals surface area contributed by atoms with Gasteiger partial charge in [-0.15, -0.1) is 0 Å². The van der Waals surface area contributed by atoms with Gasteiger partial charge in [0.2, 0.25) is 0 Å². The van der Waals surface area contributed by atoms with E-state index >= 15 is 0 Å². The molecule has 0 fully saturated rings. The van der Waals surface area contributed by atoms with Crippen molar-refractivity contribution in [3.63, 3.8) is 0 Å². The van der Waals surface area contributed by atoms with Crippen LogP contribution in [0.4, 0.5) is 0 Å². The van der Waals surface area contributed by atoms with Crippen molar-refractivity contribution in [1.29, 1.82) is 0 Å². The number of esters is 4. The molecular weight excluding hydrogens is 1350 g/mol. The summed E-state index contributed by atoms with van der Waals surface area (Å²) in [5, 5.41) is 10.6. The number of phosphoric acid groups is 2. The average molecular weight is 1500 g/mol. The summed E-state index contributed by atoms with van der Waals surface area (Å²) in [7, 11) is -9.98. The zero-order valence-electron chi connectivity index (χ0n) is 65.2. The van der Waals surface area contributed by atoms with Crippen LogP contribution in [-0.2, 0) is 65.4 Å². The maximum atomic E-state index is 13.1. The van der Waals surface area contributed by atoms with Gasteiger partial charge in [0.05, 0.1) is 26.4 Å². The van der Waals surface area contributed by atoms with Crippen molar-refractivity contribution in [2.75, 3.05) is 39.6 Å². The maximum Gasteiger partial charge on any atom is 0.472 e. The van der Waals surface area contributed by atoms with E-state index in [1.807, 2.05) is 0 Å². The molecule has 0 heterocycles. The van der Waals surface area contributed by atoms with Crippen molar-refractivity contribution in [3.05, 3.63) is 134 Å². The van der Waals surface area contributed by atoms with E-state index in [4.69, 9.17) is 37.0 Å². The SMILES string of the molecule is CC/C=C\C/C=C\C/C=C\C/C=C\C/C=C\CCCCCC(=O)OCC(COP(=O)(O)OCC(O)COP(=O)(O)OCC(COC(=O)CCCCCCCCC/C=C\C/C=C\C/C=C\CC)OC(=O)CCCCCCC/C=C\C/C=C\CCCCC)OC(=O)CCCCCCC/C=C\CCCCCC. The summed E-state index contributed by atoms with van der Waals surface area (Å²) in [6.07, 6.45) is 85.7. The minimum Gasteiger partial charge on any atom is -0.462 e. The number of rotatable bonds is 75. The van der Waals surface area contributed by atoms with Crippen LogP contribution in [-0.4, -0.2) is 96.7 Å². The second-order valence-corrected chi connectivity index (χ2v) is 29.5. The Kier molecular flexibility index (Phi) is 72.9. The highest BCUT2D eigenvalue weighted by Gasteiger charge is 2.30. The first-order valence-corrected chi connectivity index (χ1v) is 43.4. The molecular formula is C85H144O17P2. The minimum atomic E-state index is -4.99. The average Bonchev–Trinajstić information content (AvgIpc) is 0.939. The highest BCUT2D eigenvalue weighted by molar-refractivity contribution is 7.47. The van der Waals surface area contributed by atoms with Crippen molar-refractivity contribution >= 4 is 39.5 Å². The number of hydrogen-bond acceptors (Lipinski definition) is 15. The number of carbonyl (C=O) groups is 4. The van der Waals surface area contributed by atoms with Gasteiger partial charge in [-0.1, -0.05) is 271 Å². The fourth-order valence-electron chi connectivity index (χ4n) is 10.5. The van der Waals surface area contributed by atoms with Crippen LogP contribution in [0, 0.1) is 0 Å². The summed E-state index contributed by atoms with van der Waals surface area (Å²) < 4.78 is 68.6. The Morgan fingerprint density at radius 1 is 0.279 bits per heavy atom. The second-order valence-electron chi connectivity index (χ2n) is 26.6. The molecule has 5 atom stereocenters. The smallest absolute Gasteiger partial charge is 0.462 e. The molecule has 5 unspecified atom stereocenters. The molecule has 0 spiro atoms. The number of allylic oxidation sites excluding steroid dienone is 22. The quantitative estimate of drug-likeness (QED) is 0.0169. The van der Waals surface area contributed by atoms with Gasteiger partial charge < -0.3 is 33.8 Å². The Morgan fingerprint density at radius 2 is 0.500 bits per heavy atom. The lowest BCUT2D eigenvalue weighted by molar-refractivity contribution is -0.161. The van der Waals surface area contributed by atoms with Gasteiger partial charge >= 0.3 is 39.5 Å². The largest absolute Gasteiger partial charge is 0.472 e. The third-order valence-electron chi connectivity index (χ3n) is 16.6. The molecule has 0 bridgehead atoms. The molecule has 0 aliphatic heterocycles. The molecule has 3 N–H and O–H groups in total. The fraction of sp³-hybridized carbons (Fsp3) is 0.694. The van der Waals surface area contributed by atoms with Gasteiger partial charge in [0.25, 0.3) is 0 Å². The summed E-state index contributed by atoms with van der Waals surface area (Å²) in [5.41, 5.74) is 0. The molecule has 596 valence electrons. The lowest BCUT2D eigenvalue weighted by Crippen LogP contribution is -2.30. The van der Waals surface area contributed by atoms with Crippen LogP contribution in [0.2, 0.25) is 0 Å². The van der Waals surface area contributed by atoms with Gasteiger partial charge in [-0.2, -0.15) is 0 Å².